The van der Waals surface area contributed by atoms with E-state index >= 15 is 0 Å². The highest BCUT2D eigenvalue weighted by atomic mass is 15.3. The SMILES string of the molecule is CC1CC(N(C2=CCC3C(C2)N(c2ccc(-c4ccc(C5=CC=CCC5)cc4)cc2)C2CCCCC32C)c2ccccc2)C=CC1c1ccccc1. The summed E-state index contributed by atoms with van der Waals surface area (Å²) in [5.74, 6) is 1.72. The van der Waals surface area contributed by atoms with Crippen molar-refractivity contribution in [1.82, 2.24) is 0 Å². The minimum atomic E-state index is 0.349. The Balaban J connectivity index is 1.02. The Bertz CT molecular complexity index is 1970. The van der Waals surface area contributed by atoms with Crippen LogP contribution in [0.2, 0.25) is 0 Å². The molecule has 0 amide bonds. The van der Waals surface area contributed by atoms with Gasteiger partial charge in [0.25, 0.3) is 0 Å². The summed E-state index contributed by atoms with van der Waals surface area (Å²) < 4.78 is 0. The van der Waals surface area contributed by atoms with E-state index in [1.165, 1.54) is 77.0 Å². The van der Waals surface area contributed by atoms with Gasteiger partial charge in [-0.05, 0) is 108 Å². The monoisotopic (exact) mass is 682 g/mol. The van der Waals surface area contributed by atoms with Crippen LogP contribution in [0.15, 0.2) is 151 Å². The van der Waals surface area contributed by atoms with Crippen LogP contribution in [-0.2, 0) is 0 Å². The Morgan fingerprint density at radius 1 is 0.769 bits per heavy atom. The number of anilines is 2. The Labute approximate surface area is 312 Å². The summed E-state index contributed by atoms with van der Waals surface area (Å²) >= 11 is 0. The van der Waals surface area contributed by atoms with Crippen molar-refractivity contribution < 1.29 is 0 Å². The van der Waals surface area contributed by atoms with Crippen LogP contribution >= 0.6 is 0 Å². The van der Waals surface area contributed by atoms with Gasteiger partial charge in [-0.1, -0.05) is 148 Å². The van der Waals surface area contributed by atoms with E-state index in [0.29, 0.717) is 41.3 Å². The number of para-hydroxylation sites is 1. The summed E-state index contributed by atoms with van der Waals surface area (Å²) in [5, 5.41) is 0. The number of benzene rings is 4. The fourth-order valence-corrected chi connectivity index (χ4v) is 10.9. The van der Waals surface area contributed by atoms with Crippen molar-refractivity contribution in [2.24, 2.45) is 17.3 Å². The highest BCUT2D eigenvalue weighted by Crippen LogP contribution is 2.58. The summed E-state index contributed by atoms with van der Waals surface area (Å²) in [6.07, 6.45) is 25.5. The van der Waals surface area contributed by atoms with Gasteiger partial charge in [0, 0.05) is 41.5 Å². The average molecular weight is 683 g/mol. The van der Waals surface area contributed by atoms with Crippen LogP contribution in [0, 0.1) is 17.3 Å². The number of hydrogen-bond acceptors (Lipinski definition) is 2. The van der Waals surface area contributed by atoms with E-state index in [4.69, 9.17) is 0 Å². The summed E-state index contributed by atoms with van der Waals surface area (Å²) in [7, 11) is 0. The first kappa shape index (κ1) is 33.3. The third kappa shape index (κ3) is 6.09. The maximum absolute atomic E-state index is 2.92. The van der Waals surface area contributed by atoms with Crippen LogP contribution < -0.4 is 9.80 Å². The minimum absolute atomic E-state index is 0.349. The number of nitrogens with zero attached hydrogens (tertiary/aromatic N) is 2. The van der Waals surface area contributed by atoms with Crippen LogP contribution in [0.25, 0.3) is 16.7 Å². The lowest BCUT2D eigenvalue weighted by atomic mass is 9.63. The molecule has 1 aliphatic heterocycles. The summed E-state index contributed by atoms with van der Waals surface area (Å²) in [4.78, 5) is 5.64. The van der Waals surface area contributed by atoms with Gasteiger partial charge < -0.3 is 9.80 Å². The second-order valence-corrected chi connectivity index (χ2v) is 16.6. The first-order chi connectivity index (χ1) is 25.6. The molecule has 4 aliphatic carbocycles. The highest BCUT2D eigenvalue weighted by molar-refractivity contribution is 5.73. The van der Waals surface area contributed by atoms with Crippen LogP contribution in [0.3, 0.4) is 0 Å². The molecular formula is C50H54N2. The quantitative estimate of drug-likeness (QED) is 0.179. The van der Waals surface area contributed by atoms with Crippen molar-refractivity contribution in [1.29, 1.82) is 0 Å². The first-order valence-electron chi connectivity index (χ1n) is 20.2. The molecule has 9 rings (SSSR count). The van der Waals surface area contributed by atoms with E-state index in [1.54, 1.807) is 0 Å². The normalized spacial score (nSPS) is 29.5. The van der Waals surface area contributed by atoms with Gasteiger partial charge in [0.05, 0.1) is 6.04 Å². The molecule has 0 spiro atoms. The van der Waals surface area contributed by atoms with Crippen molar-refractivity contribution in [3.63, 3.8) is 0 Å². The second-order valence-electron chi connectivity index (χ2n) is 16.6. The molecular weight excluding hydrogens is 629 g/mol. The number of fused-ring (bicyclic) bond motifs is 3. The number of rotatable bonds is 7. The molecule has 264 valence electrons. The maximum atomic E-state index is 2.92. The standard InChI is InChI=1S/C50H54N2/c1-36-34-44(29-31-46(36)41-16-8-4-9-17-41)51(42-18-10-5-11-19-42)45-30-32-47-48(35-45)52(49-20-12-13-33-50(47,49)2)43-27-25-40(26-28-43)39-23-21-38(22-24-39)37-14-6-3-7-15-37/h3-6,8-11,14,16-19,21-31,36,44,46-49H,7,12-13,15,20,32-35H2,1-2H3. The van der Waals surface area contributed by atoms with E-state index in [2.05, 4.69) is 169 Å². The van der Waals surface area contributed by atoms with Crippen LogP contribution in [-0.4, -0.2) is 18.1 Å². The predicted molar refractivity (Wildman–Crippen MR) is 220 cm³/mol. The molecule has 2 nitrogen and oxygen atoms in total. The smallest absolute Gasteiger partial charge is 0.0522 e. The molecule has 0 bridgehead atoms. The van der Waals surface area contributed by atoms with Gasteiger partial charge in [-0.2, -0.15) is 0 Å². The first-order valence-corrected chi connectivity index (χ1v) is 20.2. The zero-order valence-corrected chi connectivity index (χ0v) is 31.1. The van der Waals surface area contributed by atoms with Crippen molar-refractivity contribution in [3.05, 3.63) is 162 Å². The van der Waals surface area contributed by atoms with Gasteiger partial charge in [0.2, 0.25) is 0 Å². The predicted octanol–water partition coefficient (Wildman–Crippen LogP) is 12.8. The fourth-order valence-electron chi connectivity index (χ4n) is 10.9. The van der Waals surface area contributed by atoms with Crippen LogP contribution in [0.4, 0.5) is 11.4 Å². The van der Waals surface area contributed by atoms with E-state index < -0.39 is 0 Å². The molecule has 2 heteroatoms. The molecule has 1 saturated carbocycles. The van der Waals surface area contributed by atoms with E-state index in [-0.39, 0.29) is 0 Å². The Kier molecular flexibility index (Phi) is 9.03. The molecule has 0 N–H and O–H groups in total. The Morgan fingerprint density at radius 3 is 2.19 bits per heavy atom. The molecule has 0 radical (unpaired) electrons. The highest BCUT2D eigenvalue weighted by Gasteiger charge is 2.57. The second kappa shape index (κ2) is 14.1. The Morgan fingerprint density at radius 2 is 1.48 bits per heavy atom. The lowest BCUT2D eigenvalue weighted by Gasteiger charge is -2.43. The molecule has 52 heavy (non-hydrogen) atoms. The van der Waals surface area contributed by atoms with Crippen LogP contribution in [0.5, 0.6) is 0 Å². The number of allylic oxidation sites excluding steroid dienone is 6. The molecule has 4 aromatic carbocycles. The van der Waals surface area contributed by atoms with Gasteiger partial charge >= 0.3 is 0 Å². The van der Waals surface area contributed by atoms with Gasteiger partial charge in [0.1, 0.15) is 0 Å². The van der Waals surface area contributed by atoms with E-state index in [1.807, 2.05) is 0 Å². The molecule has 4 aromatic rings. The van der Waals surface area contributed by atoms with E-state index in [9.17, 15) is 0 Å². The molecule has 7 unspecified atom stereocenters. The van der Waals surface area contributed by atoms with Crippen molar-refractivity contribution in [3.8, 4) is 11.1 Å². The molecule has 2 fully saturated rings. The zero-order chi connectivity index (χ0) is 35.1. The fraction of sp³-hybridized carbons (Fsp3) is 0.360. The number of hydrogen-bond donors (Lipinski definition) is 0. The third-order valence-electron chi connectivity index (χ3n) is 13.6. The third-order valence-corrected chi connectivity index (χ3v) is 13.6. The lowest BCUT2D eigenvalue weighted by molar-refractivity contribution is 0.136. The Hall–Kier alpha value is -4.56. The average Bonchev–Trinajstić information content (AvgIpc) is 3.47. The molecule has 1 saturated heterocycles. The minimum Gasteiger partial charge on any atom is -0.364 e. The molecule has 1 heterocycles. The van der Waals surface area contributed by atoms with Crippen molar-refractivity contribution >= 4 is 16.9 Å². The van der Waals surface area contributed by atoms with Gasteiger partial charge in [0.15, 0.2) is 0 Å². The molecule has 0 aromatic heterocycles. The van der Waals surface area contributed by atoms with Gasteiger partial charge in [-0.15, -0.1) is 0 Å². The van der Waals surface area contributed by atoms with Crippen molar-refractivity contribution in [2.45, 2.75) is 95.7 Å². The summed E-state index contributed by atoms with van der Waals surface area (Å²) in [6.45, 7) is 5.10. The summed E-state index contributed by atoms with van der Waals surface area (Å²) in [5.41, 5.74) is 11.4. The summed E-state index contributed by atoms with van der Waals surface area (Å²) in [6, 6.07) is 42.7. The maximum Gasteiger partial charge on any atom is 0.0522 e. The van der Waals surface area contributed by atoms with Gasteiger partial charge in [-0.25, -0.2) is 0 Å². The zero-order valence-electron chi connectivity index (χ0n) is 31.1. The van der Waals surface area contributed by atoms with Gasteiger partial charge in [-0.3, -0.25) is 0 Å². The van der Waals surface area contributed by atoms with E-state index in [0.717, 1.165) is 25.7 Å². The van der Waals surface area contributed by atoms with Crippen molar-refractivity contribution in [2.75, 3.05) is 9.80 Å². The van der Waals surface area contributed by atoms with Crippen LogP contribution in [0.1, 0.15) is 88.7 Å². The molecule has 5 aliphatic rings. The lowest BCUT2D eigenvalue weighted by Crippen LogP contribution is -2.44. The molecule has 7 atom stereocenters. The largest absolute Gasteiger partial charge is 0.364 e. The topological polar surface area (TPSA) is 6.48 Å².